The van der Waals surface area contributed by atoms with Gasteiger partial charge < -0.3 is 0 Å². The van der Waals surface area contributed by atoms with Crippen LogP contribution in [0.25, 0.3) is 0 Å². The quantitative estimate of drug-likeness (QED) is 0.384. The summed E-state index contributed by atoms with van der Waals surface area (Å²) in [6.45, 7) is 5.53. The first-order chi connectivity index (χ1) is 12.3. The first-order valence-electron chi connectivity index (χ1n) is 8.16. The molecule has 7 nitrogen and oxygen atoms in total. The van der Waals surface area contributed by atoms with Crippen LogP contribution in [0.15, 0.2) is 30.3 Å². The SMILES string of the molecule is CC(=O)OC1C(OC(C)=O)[C@H](C)OC([Se]c2ccccc2)[C@H]1OC(C)=O. The van der Waals surface area contributed by atoms with Crippen LogP contribution < -0.4 is 4.46 Å². The fourth-order valence-corrected chi connectivity index (χ4v) is 5.13. The van der Waals surface area contributed by atoms with Crippen molar-refractivity contribution in [3.8, 4) is 0 Å². The molecular formula is C18H22O7Se. The maximum absolute atomic E-state index is 11.6. The van der Waals surface area contributed by atoms with Crippen LogP contribution in [-0.4, -0.2) is 62.3 Å². The average Bonchev–Trinajstić information content (AvgIpc) is 2.54. The zero-order valence-corrected chi connectivity index (χ0v) is 16.8. The molecule has 0 amide bonds. The fourth-order valence-electron chi connectivity index (χ4n) is 2.70. The summed E-state index contributed by atoms with van der Waals surface area (Å²) < 4.78 is 23.2. The van der Waals surface area contributed by atoms with E-state index in [0.29, 0.717) is 0 Å². The van der Waals surface area contributed by atoms with E-state index in [1.807, 2.05) is 30.3 Å². The van der Waals surface area contributed by atoms with E-state index < -0.39 is 47.3 Å². The Balaban J connectivity index is 2.33. The second-order valence-corrected chi connectivity index (χ2v) is 8.32. The summed E-state index contributed by atoms with van der Waals surface area (Å²) in [5.41, 5.74) is 0. The van der Waals surface area contributed by atoms with Gasteiger partial charge in [-0.15, -0.1) is 0 Å². The van der Waals surface area contributed by atoms with Crippen molar-refractivity contribution < 1.29 is 33.3 Å². The summed E-state index contributed by atoms with van der Waals surface area (Å²) in [6.07, 6.45) is -3.17. The summed E-state index contributed by atoms with van der Waals surface area (Å²) >= 11 is -0.213. The molecule has 0 aliphatic carbocycles. The van der Waals surface area contributed by atoms with Gasteiger partial charge in [-0.05, 0) is 0 Å². The molecule has 0 N–H and O–H groups in total. The molecule has 1 aliphatic rings. The molecule has 142 valence electrons. The van der Waals surface area contributed by atoms with Crippen molar-refractivity contribution in [1.29, 1.82) is 0 Å². The number of esters is 3. The van der Waals surface area contributed by atoms with Crippen molar-refractivity contribution in [1.82, 2.24) is 0 Å². The Morgan fingerprint density at radius 1 is 0.846 bits per heavy atom. The Morgan fingerprint density at radius 2 is 1.35 bits per heavy atom. The average molecular weight is 429 g/mol. The number of benzene rings is 1. The van der Waals surface area contributed by atoms with Crippen LogP contribution in [0.4, 0.5) is 0 Å². The molecule has 1 heterocycles. The molecule has 1 fully saturated rings. The van der Waals surface area contributed by atoms with E-state index >= 15 is 0 Å². The van der Waals surface area contributed by atoms with Crippen LogP contribution in [-0.2, 0) is 33.3 Å². The van der Waals surface area contributed by atoms with Crippen molar-refractivity contribution in [3.05, 3.63) is 30.3 Å². The number of rotatable bonds is 5. The van der Waals surface area contributed by atoms with Gasteiger partial charge >= 0.3 is 158 Å². The van der Waals surface area contributed by atoms with Gasteiger partial charge in [-0.25, -0.2) is 0 Å². The first-order valence-corrected chi connectivity index (χ1v) is 10.0. The van der Waals surface area contributed by atoms with E-state index in [-0.39, 0.29) is 15.0 Å². The summed E-state index contributed by atoms with van der Waals surface area (Å²) in [5.74, 6) is -1.61. The van der Waals surface area contributed by atoms with Gasteiger partial charge in [-0.1, -0.05) is 0 Å². The number of hydrogen-bond donors (Lipinski definition) is 0. The van der Waals surface area contributed by atoms with E-state index in [1.165, 1.54) is 20.8 Å². The van der Waals surface area contributed by atoms with Crippen LogP contribution in [0.5, 0.6) is 0 Å². The second kappa shape index (κ2) is 9.16. The molecule has 0 aromatic heterocycles. The number of carbonyl (C=O) groups is 3. The van der Waals surface area contributed by atoms with Gasteiger partial charge in [-0.3, -0.25) is 0 Å². The molecule has 8 heteroatoms. The molecule has 0 spiro atoms. The van der Waals surface area contributed by atoms with E-state index in [9.17, 15) is 14.4 Å². The summed E-state index contributed by atoms with van der Waals surface area (Å²) in [4.78, 5) is 34.7. The van der Waals surface area contributed by atoms with Crippen LogP contribution in [0.3, 0.4) is 0 Å². The minimum atomic E-state index is -0.931. The molecule has 3 unspecified atom stereocenters. The fraction of sp³-hybridized carbons (Fsp3) is 0.500. The van der Waals surface area contributed by atoms with Gasteiger partial charge in [0.1, 0.15) is 0 Å². The van der Waals surface area contributed by atoms with Crippen LogP contribution >= 0.6 is 0 Å². The summed E-state index contributed by atoms with van der Waals surface area (Å²) in [7, 11) is 0. The zero-order valence-electron chi connectivity index (χ0n) is 15.0. The van der Waals surface area contributed by atoms with Crippen LogP contribution in [0, 0.1) is 0 Å². The molecule has 2 rings (SSSR count). The van der Waals surface area contributed by atoms with E-state index in [0.717, 1.165) is 4.46 Å². The molecule has 1 aliphatic heterocycles. The van der Waals surface area contributed by atoms with Crippen molar-refractivity contribution in [2.24, 2.45) is 0 Å². The van der Waals surface area contributed by atoms with Crippen LogP contribution in [0.1, 0.15) is 27.7 Å². The van der Waals surface area contributed by atoms with E-state index in [2.05, 4.69) is 0 Å². The molecule has 0 saturated carbocycles. The predicted octanol–water partition coefficient (Wildman–Crippen LogP) is 0.556. The van der Waals surface area contributed by atoms with Gasteiger partial charge in [0, 0.05) is 0 Å². The first kappa shape index (κ1) is 20.4. The number of carbonyl (C=O) groups excluding carboxylic acids is 3. The minimum absolute atomic E-state index is 0.213. The molecule has 0 radical (unpaired) electrons. The van der Waals surface area contributed by atoms with Crippen molar-refractivity contribution >= 4 is 37.3 Å². The third-order valence-corrected chi connectivity index (χ3v) is 6.05. The predicted molar refractivity (Wildman–Crippen MR) is 92.8 cm³/mol. The Kier molecular flexibility index (Phi) is 7.20. The maximum atomic E-state index is 11.6. The van der Waals surface area contributed by atoms with E-state index in [4.69, 9.17) is 18.9 Å². The Morgan fingerprint density at radius 3 is 1.88 bits per heavy atom. The molecule has 1 aromatic carbocycles. The monoisotopic (exact) mass is 430 g/mol. The Hall–Kier alpha value is -1.89. The van der Waals surface area contributed by atoms with Crippen molar-refractivity contribution in [3.63, 3.8) is 0 Å². The third kappa shape index (κ3) is 5.56. The summed E-state index contributed by atoms with van der Waals surface area (Å²) in [5, 5.41) is -0.486. The topological polar surface area (TPSA) is 88.1 Å². The molecule has 1 aromatic rings. The molecule has 5 atom stereocenters. The normalized spacial score (nSPS) is 28.1. The molecule has 1 saturated heterocycles. The van der Waals surface area contributed by atoms with E-state index in [1.54, 1.807) is 6.92 Å². The van der Waals surface area contributed by atoms with Gasteiger partial charge in [-0.2, -0.15) is 0 Å². The zero-order chi connectivity index (χ0) is 19.3. The molecule has 0 bridgehead atoms. The standard InChI is InChI=1S/C18H22O7Se/c1-10-15(23-11(2)19)16(24-12(3)20)17(25-13(4)21)18(22-10)26-14-8-6-5-7-9-14/h5-10,15-18H,1-4H3/t10-,15?,16?,17-,18?/m0/s1. The van der Waals surface area contributed by atoms with Crippen molar-refractivity contribution in [2.45, 2.75) is 57.1 Å². The molecule has 26 heavy (non-hydrogen) atoms. The van der Waals surface area contributed by atoms with Gasteiger partial charge in [0.15, 0.2) is 0 Å². The molecular weight excluding hydrogens is 407 g/mol. The summed E-state index contributed by atoms with van der Waals surface area (Å²) in [6, 6.07) is 9.65. The third-order valence-electron chi connectivity index (χ3n) is 3.63. The number of hydrogen-bond acceptors (Lipinski definition) is 7. The Labute approximate surface area is 158 Å². The second-order valence-electron chi connectivity index (χ2n) is 5.86. The van der Waals surface area contributed by atoms with Crippen molar-refractivity contribution in [2.75, 3.05) is 0 Å². The van der Waals surface area contributed by atoms with Gasteiger partial charge in [0.25, 0.3) is 0 Å². The van der Waals surface area contributed by atoms with Gasteiger partial charge in [0.2, 0.25) is 0 Å². The Bertz CT molecular complexity index is 648. The van der Waals surface area contributed by atoms with Gasteiger partial charge in [0.05, 0.1) is 0 Å². The van der Waals surface area contributed by atoms with Crippen LogP contribution in [0.2, 0.25) is 0 Å². The number of ether oxygens (including phenoxy) is 4.